The Morgan fingerprint density at radius 2 is 1.82 bits per heavy atom. The third-order valence-corrected chi connectivity index (χ3v) is 5.24. The molecule has 2 heterocycles. The number of carbonyl (C=O) groups excluding carboxylic acids is 2. The Kier molecular flexibility index (Phi) is 5.87. The van der Waals surface area contributed by atoms with Gasteiger partial charge < -0.3 is 19.7 Å². The van der Waals surface area contributed by atoms with Gasteiger partial charge in [0.1, 0.15) is 11.4 Å². The summed E-state index contributed by atoms with van der Waals surface area (Å²) in [4.78, 5) is 27.3. The molecule has 1 aromatic carbocycles. The lowest BCUT2D eigenvalue weighted by atomic mass is 9.72. The maximum atomic E-state index is 13.0. The molecular weight excluding hydrogens is 356 g/mol. The number of hydrogen-bond acceptors (Lipinski definition) is 4. The van der Waals surface area contributed by atoms with Crippen LogP contribution in [0, 0.1) is 11.8 Å². The molecule has 3 atom stereocenters. The van der Waals surface area contributed by atoms with E-state index in [1.165, 1.54) is 0 Å². The minimum atomic E-state index is -0.536. The minimum Gasteiger partial charge on any atom is -0.491 e. The van der Waals surface area contributed by atoms with Crippen molar-refractivity contribution in [1.82, 2.24) is 4.90 Å². The zero-order chi connectivity index (χ0) is 20.5. The predicted octanol–water partition coefficient (Wildman–Crippen LogP) is 4.45. The van der Waals surface area contributed by atoms with Crippen LogP contribution in [-0.2, 0) is 9.53 Å². The number of fused-ring (bicyclic) bond motifs is 3. The summed E-state index contributed by atoms with van der Waals surface area (Å²) in [7, 11) is 0. The van der Waals surface area contributed by atoms with Crippen LogP contribution in [0.1, 0.15) is 53.9 Å². The summed E-state index contributed by atoms with van der Waals surface area (Å²) in [5.74, 6) is 0.906. The van der Waals surface area contributed by atoms with Crippen LogP contribution < -0.4 is 10.1 Å². The van der Waals surface area contributed by atoms with Crippen LogP contribution in [0.4, 0.5) is 10.5 Å². The summed E-state index contributed by atoms with van der Waals surface area (Å²) in [5.41, 5.74) is 0.206. The van der Waals surface area contributed by atoms with E-state index in [9.17, 15) is 9.59 Å². The Morgan fingerprint density at radius 1 is 1.14 bits per heavy atom. The third kappa shape index (κ3) is 4.97. The molecule has 0 radical (unpaired) electrons. The lowest BCUT2D eigenvalue weighted by Crippen LogP contribution is -2.58. The molecule has 1 aromatic rings. The molecule has 1 saturated carbocycles. The highest BCUT2D eigenvalue weighted by Gasteiger charge is 2.46. The first-order valence-corrected chi connectivity index (χ1v) is 10.2. The average Bonchev–Trinajstić information content (AvgIpc) is 2.61. The molecule has 0 unspecified atom stereocenters. The summed E-state index contributed by atoms with van der Waals surface area (Å²) >= 11 is 0. The van der Waals surface area contributed by atoms with Gasteiger partial charge in [-0.3, -0.25) is 4.79 Å². The van der Waals surface area contributed by atoms with Gasteiger partial charge >= 0.3 is 6.09 Å². The van der Waals surface area contributed by atoms with Crippen molar-refractivity contribution in [3.05, 3.63) is 24.3 Å². The number of rotatable bonds is 4. The van der Waals surface area contributed by atoms with Crippen LogP contribution in [0.5, 0.6) is 5.75 Å². The number of anilines is 1. The molecule has 2 saturated heterocycles. The quantitative estimate of drug-likeness (QED) is 0.827. The Hall–Kier alpha value is -2.24. The second kappa shape index (κ2) is 8.02. The standard InChI is InChI=1S/C22H32N2O4/c1-14(2)27-17-9-7-16(8-10-17)23-20(25)18-12-15-6-11-19(18)24(13-15)21(26)28-22(3,4)5/h7-10,14-15,18-19H,6,11-13H2,1-5H3,(H,23,25)/t15-,18-,19-/m0/s1. The van der Waals surface area contributed by atoms with E-state index in [2.05, 4.69) is 5.32 Å². The fraction of sp³-hybridized carbons (Fsp3) is 0.636. The molecule has 0 spiro atoms. The van der Waals surface area contributed by atoms with E-state index >= 15 is 0 Å². The Labute approximate surface area is 167 Å². The molecule has 4 rings (SSSR count). The third-order valence-electron chi connectivity index (χ3n) is 5.24. The number of benzene rings is 1. The van der Waals surface area contributed by atoms with Gasteiger partial charge in [-0.2, -0.15) is 0 Å². The molecule has 6 heteroatoms. The fourth-order valence-corrected chi connectivity index (χ4v) is 4.13. The Morgan fingerprint density at radius 3 is 2.39 bits per heavy atom. The molecular formula is C22H32N2O4. The second-order valence-electron chi connectivity index (χ2n) is 9.17. The van der Waals surface area contributed by atoms with Gasteiger partial charge in [0, 0.05) is 18.3 Å². The number of carbonyl (C=O) groups is 2. The second-order valence-corrected chi connectivity index (χ2v) is 9.17. The lowest BCUT2D eigenvalue weighted by molar-refractivity contribution is -0.126. The van der Waals surface area contributed by atoms with Crippen LogP contribution in [0.2, 0.25) is 0 Å². The lowest BCUT2D eigenvalue weighted by Gasteiger charge is -2.49. The van der Waals surface area contributed by atoms with E-state index in [4.69, 9.17) is 9.47 Å². The highest BCUT2D eigenvalue weighted by Crippen LogP contribution is 2.40. The first-order valence-electron chi connectivity index (χ1n) is 10.2. The molecule has 2 aliphatic heterocycles. The predicted molar refractivity (Wildman–Crippen MR) is 108 cm³/mol. The highest BCUT2D eigenvalue weighted by molar-refractivity contribution is 5.93. The van der Waals surface area contributed by atoms with Crippen LogP contribution in [-0.4, -0.2) is 41.2 Å². The number of hydrogen-bond donors (Lipinski definition) is 1. The number of amides is 2. The first-order chi connectivity index (χ1) is 13.1. The fourth-order valence-electron chi connectivity index (χ4n) is 4.13. The molecule has 28 heavy (non-hydrogen) atoms. The van der Waals surface area contributed by atoms with E-state index in [0.717, 1.165) is 30.7 Å². The zero-order valence-corrected chi connectivity index (χ0v) is 17.5. The number of nitrogens with one attached hydrogen (secondary N) is 1. The van der Waals surface area contributed by atoms with Crippen LogP contribution >= 0.6 is 0 Å². The van der Waals surface area contributed by atoms with E-state index < -0.39 is 5.60 Å². The van der Waals surface area contributed by atoms with Gasteiger partial charge in [-0.25, -0.2) is 4.79 Å². The van der Waals surface area contributed by atoms with Crippen molar-refractivity contribution in [2.24, 2.45) is 11.8 Å². The summed E-state index contributed by atoms with van der Waals surface area (Å²) in [6.07, 6.45) is 2.54. The minimum absolute atomic E-state index is 0.0273. The van der Waals surface area contributed by atoms with Gasteiger partial charge in [0.05, 0.1) is 12.0 Å². The van der Waals surface area contributed by atoms with Crippen LogP contribution in [0.3, 0.4) is 0 Å². The van der Waals surface area contributed by atoms with Gasteiger partial charge in [0.15, 0.2) is 0 Å². The molecule has 1 N–H and O–H groups in total. The summed E-state index contributed by atoms with van der Waals surface area (Å²) in [6.45, 7) is 10.2. The molecule has 3 aliphatic rings. The topological polar surface area (TPSA) is 67.9 Å². The average molecular weight is 389 g/mol. The van der Waals surface area contributed by atoms with Gasteiger partial charge in [0.25, 0.3) is 0 Å². The van der Waals surface area contributed by atoms with E-state index in [1.807, 2.05) is 58.9 Å². The largest absolute Gasteiger partial charge is 0.491 e. The summed E-state index contributed by atoms with van der Waals surface area (Å²) in [6, 6.07) is 7.32. The normalized spacial score (nSPS) is 24.2. The molecule has 6 nitrogen and oxygen atoms in total. The number of piperidine rings is 2. The van der Waals surface area contributed by atoms with Crippen molar-refractivity contribution < 1.29 is 19.1 Å². The van der Waals surface area contributed by atoms with Crippen LogP contribution in [0.25, 0.3) is 0 Å². The van der Waals surface area contributed by atoms with Gasteiger partial charge in [-0.05, 0) is 84.1 Å². The van der Waals surface area contributed by atoms with Crippen molar-refractivity contribution in [2.75, 3.05) is 11.9 Å². The van der Waals surface area contributed by atoms with E-state index in [1.54, 1.807) is 4.90 Å². The van der Waals surface area contributed by atoms with E-state index in [0.29, 0.717) is 12.5 Å². The molecule has 0 aromatic heterocycles. The molecule has 154 valence electrons. The first kappa shape index (κ1) is 20.5. The van der Waals surface area contributed by atoms with Gasteiger partial charge in [-0.1, -0.05) is 0 Å². The zero-order valence-electron chi connectivity index (χ0n) is 17.5. The molecule has 1 aliphatic carbocycles. The van der Waals surface area contributed by atoms with Gasteiger partial charge in [0.2, 0.25) is 5.91 Å². The van der Waals surface area contributed by atoms with Crippen molar-refractivity contribution in [1.29, 1.82) is 0 Å². The maximum Gasteiger partial charge on any atom is 0.410 e. The summed E-state index contributed by atoms with van der Waals surface area (Å²) in [5, 5.41) is 3.01. The van der Waals surface area contributed by atoms with Gasteiger partial charge in [-0.15, -0.1) is 0 Å². The Balaban J connectivity index is 1.65. The van der Waals surface area contributed by atoms with Crippen LogP contribution in [0.15, 0.2) is 24.3 Å². The monoisotopic (exact) mass is 388 g/mol. The summed E-state index contributed by atoms with van der Waals surface area (Å²) < 4.78 is 11.2. The highest BCUT2D eigenvalue weighted by atomic mass is 16.6. The molecule has 2 bridgehead atoms. The Bertz CT molecular complexity index is 708. The number of nitrogens with zero attached hydrogens (tertiary/aromatic N) is 1. The SMILES string of the molecule is CC(C)Oc1ccc(NC(=O)[C@H]2C[C@@H]3CC[C@@H]2N(C(=O)OC(C)(C)C)C3)cc1. The van der Waals surface area contributed by atoms with Crippen molar-refractivity contribution in [3.8, 4) is 5.75 Å². The maximum absolute atomic E-state index is 13.0. The number of ether oxygens (including phenoxy) is 2. The molecule has 2 amide bonds. The van der Waals surface area contributed by atoms with Crippen molar-refractivity contribution in [2.45, 2.75) is 71.6 Å². The van der Waals surface area contributed by atoms with Crippen molar-refractivity contribution in [3.63, 3.8) is 0 Å². The van der Waals surface area contributed by atoms with Crippen molar-refractivity contribution >= 4 is 17.7 Å². The molecule has 3 fully saturated rings. The van der Waals surface area contributed by atoms with E-state index in [-0.39, 0.29) is 30.1 Å². The smallest absolute Gasteiger partial charge is 0.410 e.